The standard InChI is InChI=1S/C16H25NO/c1-13-7-6-8-15(11-13)14(2)17-12-16(18)9-4-3-5-10-16/h6-8,11,14,17-18H,3-5,9-10,12H2,1-2H3/t14-/m0/s1. The smallest absolute Gasteiger partial charge is 0.0771 e. The maximum Gasteiger partial charge on any atom is 0.0771 e. The monoisotopic (exact) mass is 247 g/mol. The van der Waals surface area contributed by atoms with Crippen molar-refractivity contribution in [1.82, 2.24) is 5.32 Å². The third kappa shape index (κ3) is 3.56. The summed E-state index contributed by atoms with van der Waals surface area (Å²) in [5.74, 6) is 0. The molecule has 0 saturated heterocycles. The highest BCUT2D eigenvalue weighted by Gasteiger charge is 2.29. The largest absolute Gasteiger partial charge is 0.389 e. The molecule has 1 aliphatic carbocycles. The number of hydrogen-bond donors (Lipinski definition) is 2. The van der Waals surface area contributed by atoms with Crippen LogP contribution in [0.4, 0.5) is 0 Å². The molecule has 0 heterocycles. The van der Waals surface area contributed by atoms with Crippen LogP contribution in [0.3, 0.4) is 0 Å². The van der Waals surface area contributed by atoms with E-state index in [4.69, 9.17) is 0 Å². The van der Waals surface area contributed by atoms with Gasteiger partial charge in [-0.1, -0.05) is 49.1 Å². The van der Waals surface area contributed by atoms with E-state index in [9.17, 15) is 5.11 Å². The molecule has 1 aromatic carbocycles. The zero-order valence-corrected chi connectivity index (χ0v) is 11.6. The van der Waals surface area contributed by atoms with Crippen molar-refractivity contribution in [1.29, 1.82) is 0 Å². The molecule has 0 bridgehead atoms. The quantitative estimate of drug-likeness (QED) is 0.855. The summed E-state index contributed by atoms with van der Waals surface area (Å²) in [6.07, 6.45) is 5.49. The Balaban J connectivity index is 1.89. The van der Waals surface area contributed by atoms with Gasteiger partial charge in [0.05, 0.1) is 5.60 Å². The van der Waals surface area contributed by atoms with Crippen LogP contribution in [0.2, 0.25) is 0 Å². The molecule has 1 atom stereocenters. The Hall–Kier alpha value is -0.860. The molecular formula is C16H25NO. The summed E-state index contributed by atoms with van der Waals surface area (Å²) >= 11 is 0. The lowest BCUT2D eigenvalue weighted by Crippen LogP contribution is -2.42. The van der Waals surface area contributed by atoms with Crippen molar-refractivity contribution in [2.24, 2.45) is 0 Å². The fourth-order valence-corrected chi connectivity index (χ4v) is 2.79. The summed E-state index contributed by atoms with van der Waals surface area (Å²) in [5.41, 5.74) is 2.11. The minimum atomic E-state index is -0.476. The maximum atomic E-state index is 10.5. The molecule has 0 aliphatic heterocycles. The van der Waals surface area contributed by atoms with Crippen LogP contribution in [-0.4, -0.2) is 17.3 Å². The highest BCUT2D eigenvalue weighted by atomic mass is 16.3. The van der Waals surface area contributed by atoms with Gasteiger partial charge in [-0.3, -0.25) is 0 Å². The Bertz CT molecular complexity index is 382. The van der Waals surface area contributed by atoms with Gasteiger partial charge in [-0.25, -0.2) is 0 Å². The van der Waals surface area contributed by atoms with Gasteiger partial charge in [0.1, 0.15) is 0 Å². The second kappa shape index (κ2) is 5.85. The average Bonchev–Trinajstić information content (AvgIpc) is 2.37. The van der Waals surface area contributed by atoms with E-state index in [2.05, 4.69) is 43.4 Å². The minimum absolute atomic E-state index is 0.302. The molecule has 1 fully saturated rings. The SMILES string of the molecule is Cc1cccc([C@H](C)NCC2(O)CCCCC2)c1. The zero-order chi connectivity index (χ0) is 13.0. The molecular weight excluding hydrogens is 222 g/mol. The van der Waals surface area contributed by atoms with Crippen LogP contribution < -0.4 is 5.32 Å². The first-order valence-electron chi connectivity index (χ1n) is 7.11. The maximum absolute atomic E-state index is 10.5. The third-order valence-corrected chi connectivity index (χ3v) is 4.06. The Kier molecular flexibility index (Phi) is 4.41. The molecule has 100 valence electrons. The second-order valence-electron chi connectivity index (χ2n) is 5.80. The lowest BCUT2D eigenvalue weighted by atomic mass is 9.84. The summed E-state index contributed by atoms with van der Waals surface area (Å²) in [7, 11) is 0. The van der Waals surface area contributed by atoms with Crippen LogP contribution in [0.1, 0.15) is 56.2 Å². The highest BCUT2D eigenvalue weighted by Crippen LogP contribution is 2.28. The minimum Gasteiger partial charge on any atom is -0.389 e. The van der Waals surface area contributed by atoms with Crippen molar-refractivity contribution in [2.75, 3.05) is 6.54 Å². The molecule has 0 aromatic heterocycles. The summed E-state index contributed by atoms with van der Waals surface area (Å²) in [4.78, 5) is 0. The van der Waals surface area contributed by atoms with E-state index in [0.29, 0.717) is 12.6 Å². The van der Waals surface area contributed by atoms with Gasteiger partial charge in [0, 0.05) is 12.6 Å². The Morgan fingerprint density at radius 1 is 1.28 bits per heavy atom. The number of aryl methyl sites for hydroxylation is 1. The molecule has 1 aromatic rings. The summed E-state index contributed by atoms with van der Waals surface area (Å²) < 4.78 is 0. The Labute approximate surface area is 110 Å². The summed E-state index contributed by atoms with van der Waals surface area (Å²) in [5, 5.41) is 13.9. The predicted molar refractivity (Wildman–Crippen MR) is 75.6 cm³/mol. The molecule has 2 nitrogen and oxygen atoms in total. The highest BCUT2D eigenvalue weighted by molar-refractivity contribution is 5.24. The van der Waals surface area contributed by atoms with Gasteiger partial charge < -0.3 is 10.4 Å². The van der Waals surface area contributed by atoms with Crippen molar-refractivity contribution in [3.05, 3.63) is 35.4 Å². The topological polar surface area (TPSA) is 32.3 Å². The van der Waals surface area contributed by atoms with Gasteiger partial charge >= 0.3 is 0 Å². The lowest BCUT2D eigenvalue weighted by Gasteiger charge is -2.33. The molecule has 1 aliphatic rings. The summed E-state index contributed by atoms with van der Waals surface area (Å²) in [6, 6.07) is 8.87. The van der Waals surface area contributed by atoms with Crippen LogP contribution in [0.15, 0.2) is 24.3 Å². The van der Waals surface area contributed by atoms with E-state index < -0.39 is 5.60 Å². The number of aliphatic hydroxyl groups is 1. The predicted octanol–water partition coefficient (Wildman–Crippen LogP) is 3.34. The Morgan fingerprint density at radius 3 is 2.67 bits per heavy atom. The van der Waals surface area contributed by atoms with Crippen molar-refractivity contribution >= 4 is 0 Å². The third-order valence-electron chi connectivity index (χ3n) is 4.06. The normalized spacial score (nSPS) is 20.6. The van der Waals surface area contributed by atoms with E-state index in [1.165, 1.54) is 17.5 Å². The van der Waals surface area contributed by atoms with Gasteiger partial charge in [0.25, 0.3) is 0 Å². The van der Waals surface area contributed by atoms with E-state index in [1.807, 2.05) is 0 Å². The van der Waals surface area contributed by atoms with Crippen molar-refractivity contribution < 1.29 is 5.11 Å². The van der Waals surface area contributed by atoms with Gasteiger partial charge in [0.2, 0.25) is 0 Å². The van der Waals surface area contributed by atoms with E-state index in [0.717, 1.165) is 25.7 Å². The van der Waals surface area contributed by atoms with E-state index >= 15 is 0 Å². The molecule has 18 heavy (non-hydrogen) atoms. The van der Waals surface area contributed by atoms with Crippen LogP contribution in [-0.2, 0) is 0 Å². The summed E-state index contributed by atoms with van der Waals surface area (Å²) in [6.45, 7) is 4.99. The average molecular weight is 247 g/mol. The van der Waals surface area contributed by atoms with Crippen molar-refractivity contribution in [2.45, 2.75) is 57.6 Å². The number of nitrogens with one attached hydrogen (secondary N) is 1. The molecule has 2 rings (SSSR count). The van der Waals surface area contributed by atoms with E-state index in [-0.39, 0.29) is 0 Å². The first-order valence-corrected chi connectivity index (χ1v) is 7.11. The first kappa shape index (κ1) is 13.6. The Morgan fingerprint density at radius 2 is 2.00 bits per heavy atom. The van der Waals surface area contributed by atoms with Crippen LogP contribution in [0.25, 0.3) is 0 Å². The number of rotatable bonds is 4. The number of hydrogen-bond acceptors (Lipinski definition) is 2. The fraction of sp³-hybridized carbons (Fsp3) is 0.625. The van der Waals surface area contributed by atoms with Gasteiger partial charge in [0.15, 0.2) is 0 Å². The van der Waals surface area contributed by atoms with E-state index in [1.54, 1.807) is 0 Å². The molecule has 2 heteroatoms. The van der Waals surface area contributed by atoms with Crippen molar-refractivity contribution in [3.8, 4) is 0 Å². The fourth-order valence-electron chi connectivity index (χ4n) is 2.79. The van der Waals surface area contributed by atoms with Gasteiger partial charge in [-0.05, 0) is 32.3 Å². The second-order valence-corrected chi connectivity index (χ2v) is 5.80. The zero-order valence-electron chi connectivity index (χ0n) is 11.6. The van der Waals surface area contributed by atoms with Crippen molar-refractivity contribution in [3.63, 3.8) is 0 Å². The van der Waals surface area contributed by atoms with Gasteiger partial charge in [-0.2, -0.15) is 0 Å². The number of benzene rings is 1. The molecule has 0 spiro atoms. The van der Waals surface area contributed by atoms with Crippen LogP contribution in [0.5, 0.6) is 0 Å². The van der Waals surface area contributed by atoms with Crippen LogP contribution >= 0.6 is 0 Å². The molecule has 2 N–H and O–H groups in total. The lowest BCUT2D eigenvalue weighted by molar-refractivity contribution is 0.00300. The van der Waals surface area contributed by atoms with Gasteiger partial charge in [-0.15, -0.1) is 0 Å². The molecule has 1 saturated carbocycles. The molecule has 0 amide bonds. The van der Waals surface area contributed by atoms with Crippen LogP contribution in [0, 0.1) is 6.92 Å². The molecule has 0 unspecified atom stereocenters. The first-order chi connectivity index (χ1) is 8.59. The molecule has 0 radical (unpaired) electrons.